The molecule has 7 nitrogen and oxygen atoms in total. The Kier molecular flexibility index (Phi) is 3.16. The molecule has 0 bridgehead atoms. The second-order valence-electron chi connectivity index (χ2n) is 4.35. The van der Waals surface area contributed by atoms with Crippen LogP contribution in [-0.4, -0.2) is 32.4 Å². The van der Waals surface area contributed by atoms with Crippen LogP contribution in [0.25, 0.3) is 5.65 Å². The molecule has 2 aromatic heterocycles. The highest BCUT2D eigenvalue weighted by molar-refractivity contribution is 5.45. The third-order valence-corrected chi connectivity index (χ3v) is 3.04. The van der Waals surface area contributed by atoms with Gasteiger partial charge in [-0.05, 0) is 35.5 Å². The molecule has 2 heterocycles. The molecule has 0 aliphatic carbocycles. The van der Waals surface area contributed by atoms with Crippen molar-refractivity contribution in [3.05, 3.63) is 42.0 Å². The van der Waals surface area contributed by atoms with Gasteiger partial charge in [0.2, 0.25) is 0 Å². The molecule has 0 saturated carbocycles. The highest BCUT2D eigenvalue weighted by Crippen LogP contribution is 2.26. The van der Waals surface area contributed by atoms with E-state index in [1.807, 2.05) is 43.3 Å². The Labute approximate surface area is 115 Å². The summed E-state index contributed by atoms with van der Waals surface area (Å²) < 4.78 is 6.75. The van der Waals surface area contributed by atoms with E-state index in [4.69, 9.17) is 4.74 Å². The van der Waals surface area contributed by atoms with Crippen molar-refractivity contribution < 1.29 is 4.74 Å². The van der Waals surface area contributed by atoms with E-state index in [1.54, 1.807) is 7.11 Å². The predicted molar refractivity (Wildman–Crippen MR) is 73.6 cm³/mol. The van der Waals surface area contributed by atoms with Gasteiger partial charge in [0.05, 0.1) is 13.2 Å². The summed E-state index contributed by atoms with van der Waals surface area (Å²) in [6.45, 7) is 2.04. The summed E-state index contributed by atoms with van der Waals surface area (Å²) in [7, 11) is 1.66. The normalized spacial score (nSPS) is 12.3. The van der Waals surface area contributed by atoms with E-state index in [0.29, 0.717) is 11.5 Å². The van der Waals surface area contributed by atoms with Crippen LogP contribution in [0.4, 0.5) is 5.82 Å². The molecule has 0 fully saturated rings. The van der Waals surface area contributed by atoms with Gasteiger partial charge in [0, 0.05) is 5.56 Å². The zero-order chi connectivity index (χ0) is 13.9. The lowest BCUT2D eigenvalue weighted by atomic mass is 10.1. The topological polar surface area (TPSA) is 77.2 Å². The number of para-hydroxylation sites is 1. The zero-order valence-corrected chi connectivity index (χ0v) is 11.2. The van der Waals surface area contributed by atoms with E-state index in [0.717, 1.165) is 11.3 Å². The largest absolute Gasteiger partial charge is 0.496 e. The first kappa shape index (κ1) is 12.3. The van der Waals surface area contributed by atoms with Crippen LogP contribution < -0.4 is 10.1 Å². The standard InChI is InChI=1S/C13H14N6O/c1-9(10-5-3-4-6-11(10)20-2)14-12-7-8-13-15-17-18-19(13)16-12/h3-9H,1-2H3,(H,14,16). The van der Waals surface area contributed by atoms with Crippen LogP contribution in [0, 0.1) is 0 Å². The number of aromatic nitrogens is 5. The Bertz CT molecular complexity index is 725. The van der Waals surface area contributed by atoms with Crippen molar-refractivity contribution in [1.29, 1.82) is 0 Å². The molecule has 1 aromatic carbocycles. The Hall–Kier alpha value is -2.70. The van der Waals surface area contributed by atoms with Crippen LogP contribution in [0.5, 0.6) is 5.75 Å². The fourth-order valence-electron chi connectivity index (χ4n) is 2.05. The molecule has 3 rings (SSSR count). The first-order valence-corrected chi connectivity index (χ1v) is 6.23. The molecule has 1 unspecified atom stereocenters. The molecule has 0 aliphatic heterocycles. The van der Waals surface area contributed by atoms with E-state index >= 15 is 0 Å². The first-order chi connectivity index (χ1) is 9.78. The van der Waals surface area contributed by atoms with E-state index in [-0.39, 0.29) is 6.04 Å². The van der Waals surface area contributed by atoms with E-state index < -0.39 is 0 Å². The smallest absolute Gasteiger partial charge is 0.200 e. The molecule has 0 spiro atoms. The van der Waals surface area contributed by atoms with E-state index in [1.165, 1.54) is 4.63 Å². The number of hydrogen-bond donors (Lipinski definition) is 1. The van der Waals surface area contributed by atoms with E-state index in [9.17, 15) is 0 Å². The monoisotopic (exact) mass is 270 g/mol. The maximum Gasteiger partial charge on any atom is 0.200 e. The molecule has 102 valence electrons. The maximum absolute atomic E-state index is 5.36. The number of fused-ring (bicyclic) bond motifs is 1. The average Bonchev–Trinajstić information content (AvgIpc) is 2.94. The van der Waals surface area contributed by atoms with Crippen molar-refractivity contribution in [3.63, 3.8) is 0 Å². The highest BCUT2D eigenvalue weighted by Gasteiger charge is 2.11. The molecule has 0 saturated heterocycles. The van der Waals surface area contributed by atoms with Crippen molar-refractivity contribution >= 4 is 11.5 Å². The Balaban J connectivity index is 1.86. The number of rotatable bonds is 4. The number of ether oxygens (including phenoxy) is 1. The minimum absolute atomic E-state index is 0.0487. The minimum atomic E-state index is 0.0487. The lowest BCUT2D eigenvalue weighted by Crippen LogP contribution is -2.10. The van der Waals surface area contributed by atoms with Crippen LogP contribution in [0.15, 0.2) is 36.4 Å². The summed E-state index contributed by atoms with van der Waals surface area (Å²) >= 11 is 0. The summed E-state index contributed by atoms with van der Waals surface area (Å²) in [6, 6.07) is 11.6. The van der Waals surface area contributed by atoms with Gasteiger partial charge in [-0.1, -0.05) is 18.2 Å². The van der Waals surface area contributed by atoms with Crippen molar-refractivity contribution in [1.82, 2.24) is 25.3 Å². The van der Waals surface area contributed by atoms with E-state index in [2.05, 4.69) is 25.9 Å². The lowest BCUT2D eigenvalue weighted by Gasteiger charge is -2.17. The number of nitrogens with zero attached hydrogens (tertiary/aromatic N) is 5. The zero-order valence-electron chi connectivity index (χ0n) is 11.2. The van der Waals surface area contributed by atoms with Gasteiger partial charge in [-0.2, -0.15) is 0 Å². The second kappa shape index (κ2) is 5.12. The van der Waals surface area contributed by atoms with Crippen LogP contribution in [0.3, 0.4) is 0 Å². The molecular formula is C13H14N6O. The summed E-state index contributed by atoms with van der Waals surface area (Å²) in [4.78, 5) is 0. The second-order valence-corrected chi connectivity index (χ2v) is 4.35. The molecule has 1 N–H and O–H groups in total. The van der Waals surface area contributed by atoms with Crippen molar-refractivity contribution in [2.45, 2.75) is 13.0 Å². The number of benzene rings is 1. The van der Waals surface area contributed by atoms with Crippen molar-refractivity contribution in [2.24, 2.45) is 0 Å². The lowest BCUT2D eigenvalue weighted by molar-refractivity contribution is 0.408. The highest BCUT2D eigenvalue weighted by atomic mass is 16.5. The van der Waals surface area contributed by atoms with Crippen LogP contribution in [0.1, 0.15) is 18.5 Å². The summed E-state index contributed by atoms with van der Waals surface area (Å²) in [6.07, 6.45) is 0. The van der Waals surface area contributed by atoms with Crippen LogP contribution in [-0.2, 0) is 0 Å². The van der Waals surface area contributed by atoms with Gasteiger partial charge >= 0.3 is 0 Å². The van der Waals surface area contributed by atoms with Crippen molar-refractivity contribution in [2.75, 3.05) is 12.4 Å². The van der Waals surface area contributed by atoms with Crippen molar-refractivity contribution in [3.8, 4) is 5.75 Å². The molecule has 3 aromatic rings. The number of tetrazole rings is 1. The molecule has 0 radical (unpaired) electrons. The number of hydrogen-bond acceptors (Lipinski definition) is 6. The molecule has 0 aliphatic rings. The van der Waals surface area contributed by atoms with Gasteiger partial charge in [-0.15, -0.1) is 14.8 Å². The summed E-state index contributed by atoms with van der Waals surface area (Å²) in [5.41, 5.74) is 1.68. The van der Waals surface area contributed by atoms with Gasteiger partial charge in [0.1, 0.15) is 11.6 Å². The van der Waals surface area contributed by atoms with Gasteiger partial charge < -0.3 is 10.1 Å². The van der Waals surface area contributed by atoms with Gasteiger partial charge in [0.15, 0.2) is 5.65 Å². The third kappa shape index (κ3) is 2.25. The maximum atomic E-state index is 5.36. The summed E-state index contributed by atoms with van der Waals surface area (Å²) in [5.74, 6) is 1.54. The Morgan fingerprint density at radius 3 is 2.90 bits per heavy atom. The van der Waals surface area contributed by atoms with Crippen LogP contribution in [0.2, 0.25) is 0 Å². The quantitative estimate of drug-likeness (QED) is 0.777. The average molecular weight is 270 g/mol. The fraction of sp³-hybridized carbons (Fsp3) is 0.231. The molecule has 20 heavy (non-hydrogen) atoms. The molecule has 1 atom stereocenters. The molecule has 0 amide bonds. The fourth-order valence-corrected chi connectivity index (χ4v) is 2.05. The summed E-state index contributed by atoms with van der Waals surface area (Å²) in [5, 5.41) is 18.7. The van der Waals surface area contributed by atoms with Crippen LogP contribution >= 0.6 is 0 Å². The number of methoxy groups -OCH3 is 1. The SMILES string of the molecule is COc1ccccc1C(C)Nc1ccc2nnnn2n1. The number of nitrogens with one attached hydrogen (secondary N) is 1. The van der Waals surface area contributed by atoms with Gasteiger partial charge in [-0.3, -0.25) is 0 Å². The Morgan fingerprint density at radius 1 is 1.20 bits per heavy atom. The minimum Gasteiger partial charge on any atom is -0.496 e. The Morgan fingerprint density at radius 2 is 2.05 bits per heavy atom. The third-order valence-electron chi connectivity index (χ3n) is 3.04. The molecular weight excluding hydrogens is 256 g/mol. The first-order valence-electron chi connectivity index (χ1n) is 6.23. The van der Waals surface area contributed by atoms with Gasteiger partial charge in [-0.25, -0.2) is 0 Å². The van der Waals surface area contributed by atoms with Gasteiger partial charge in [0.25, 0.3) is 0 Å². The molecule has 7 heteroatoms. The number of anilines is 1. The predicted octanol–water partition coefficient (Wildman–Crippen LogP) is 1.70.